The number of thiophene rings is 1. The summed E-state index contributed by atoms with van der Waals surface area (Å²) in [6.45, 7) is 0. The highest BCUT2D eigenvalue weighted by Crippen LogP contribution is 2.41. The second kappa shape index (κ2) is 5.90. The highest BCUT2D eigenvalue weighted by molar-refractivity contribution is 9.10. The van der Waals surface area contributed by atoms with E-state index in [2.05, 4.69) is 31.9 Å². The number of hydrogen-bond acceptors (Lipinski definition) is 2. The molecule has 1 aromatic carbocycles. The monoisotopic (exact) mass is 412 g/mol. The Morgan fingerprint density at radius 2 is 2.11 bits per heavy atom. The van der Waals surface area contributed by atoms with Gasteiger partial charge in [0.1, 0.15) is 4.34 Å². The molecular weight excluding hydrogens is 406 g/mol. The highest BCUT2D eigenvalue weighted by atomic mass is 79.9. The molecule has 1 atom stereocenters. The predicted octanol–water partition coefficient (Wildman–Crippen LogP) is 5.80. The summed E-state index contributed by atoms with van der Waals surface area (Å²) in [4.78, 5) is 1.00. The van der Waals surface area contributed by atoms with Gasteiger partial charge in [-0.3, -0.25) is 0 Å². The molecule has 0 saturated heterocycles. The summed E-state index contributed by atoms with van der Waals surface area (Å²) in [5.74, 6) is -0.134. The fourth-order valence-electron chi connectivity index (χ4n) is 1.49. The van der Waals surface area contributed by atoms with E-state index in [1.807, 2.05) is 6.07 Å². The molecule has 1 unspecified atom stereocenters. The van der Waals surface area contributed by atoms with Gasteiger partial charge in [0.2, 0.25) is 0 Å². The van der Waals surface area contributed by atoms with Gasteiger partial charge in [-0.2, -0.15) is 0 Å². The molecule has 0 radical (unpaired) electrons. The maximum atomic E-state index is 13.3. The van der Waals surface area contributed by atoms with Gasteiger partial charge < -0.3 is 4.74 Å². The minimum Gasteiger partial charge on any atom is -0.494 e. The third kappa shape index (κ3) is 2.90. The first-order valence-corrected chi connectivity index (χ1v) is 7.85. The van der Waals surface area contributed by atoms with Gasteiger partial charge in [-0.05, 0) is 39.7 Å². The maximum Gasteiger partial charge on any atom is 0.165 e. The number of halogens is 4. The summed E-state index contributed by atoms with van der Waals surface area (Å²) >= 11 is 14.4. The van der Waals surface area contributed by atoms with Crippen molar-refractivity contribution in [3.63, 3.8) is 0 Å². The summed E-state index contributed by atoms with van der Waals surface area (Å²) in [5.41, 5.74) is 0.915. The minimum atomic E-state index is -0.369. The van der Waals surface area contributed by atoms with E-state index in [1.54, 1.807) is 12.1 Å². The molecule has 2 aromatic rings. The van der Waals surface area contributed by atoms with Crippen LogP contribution in [0.3, 0.4) is 0 Å². The first kappa shape index (κ1) is 14.3. The van der Waals surface area contributed by atoms with Crippen LogP contribution in [0.1, 0.15) is 15.3 Å². The van der Waals surface area contributed by atoms with Gasteiger partial charge in [0.25, 0.3) is 0 Å². The van der Waals surface area contributed by atoms with Crippen molar-refractivity contribution >= 4 is 54.8 Å². The van der Waals surface area contributed by atoms with Crippen LogP contribution in [0.25, 0.3) is 0 Å². The molecule has 6 heteroatoms. The average Bonchev–Trinajstić information content (AvgIpc) is 2.69. The Kier molecular flexibility index (Phi) is 4.69. The van der Waals surface area contributed by atoms with Crippen molar-refractivity contribution in [1.29, 1.82) is 0 Å². The number of ether oxygens (including phenoxy) is 1. The largest absolute Gasteiger partial charge is 0.494 e. The van der Waals surface area contributed by atoms with Gasteiger partial charge in [0, 0.05) is 9.35 Å². The SMILES string of the molecule is COc1cc(C(Br)c2cc(Br)c(Cl)s2)ccc1F. The van der Waals surface area contributed by atoms with E-state index < -0.39 is 0 Å². The van der Waals surface area contributed by atoms with E-state index in [0.717, 1.165) is 14.9 Å². The number of rotatable bonds is 3. The molecule has 0 bridgehead atoms. The first-order valence-electron chi connectivity index (χ1n) is 4.95. The molecule has 0 N–H and O–H groups in total. The summed E-state index contributed by atoms with van der Waals surface area (Å²) in [7, 11) is 1.45. The zero-order valence-electron chi connectivity index (χ0n) is 9.22. The zero-order chi connectivity index (χ0) is 13.3. The van der Waals surface area contributed by atoms with Crippen LogP contribution in [-0.2, 0) is 0 Å². The molecule has 18 heavy (non-hydrogen) atoms. The second-order valence-corrected chi connectivity index (χ2v) is 6.98. The minimum absolute atomic E-state index is 0.0409. The Labute approximate surface area is 130 Å². The molecule has 2 rings (SSSR count). The Morgan fingerprint density at radius 3 is 2.67 bits per heavy atom. The number of hydrogen-bond donors (Lipinski definition) is 0. The Bertz CT molecular complexity index is 554. The molecule has 96 valence electrons. The molecule has 0 aliphatic heterocycles. The molecule has 0 aliphatic carbocycles. The van der Waals surface area contributed by atoms with Gasteiger partial charge in [-0.25, -0.2) is 4.39 Å². The molecule has 0 spiro atoms. The Hall–Kier alpha value is -0.100. The lowest BCUT2D eigenvalue weighted by Crippen LogP contribution is -1.94. The fourth-order valence-corrected chi connectivity index (χ4v) is 3.93. The molecule has 0 amide bonds. The van der Waals surface area contributed by atoms with Crippen molar-refractivity contribution in [2.24, 2.45) is 0 Å². The molecule has 0 aliphatic rings. The summed E-state index contributed by atoms with van der Waals surface area (Å²) in [6.07, 6.45) is 0. The van der Waals surface area contributed by atoms with Gasteiger partial charge >= 0.3 is 0 Å². The second-order valence-electron chi connectivity index (χ2n) is 3.53. The van der Waals surface area contributed by atoms with Crippen molar-refractivity contribution in [2.75, 3.05) is 7.11 Å². The van der Waals surface area contributed by atoms with Crippen molar-refractivity contribution in [1.82, 2.24) is 0 Å². The lowest BCUT2D eigenvalue weighted by Gasteiger charge is -2.10. The molecule has 1 heterocycles. The van der Waals surface area contributed by atoms with Gasteiger partial charge in [0.05, 0.1) is 11.9 Å². The lowest BCUT2D eigenvalue weighted by atomic mass is 10.1. The van der Waals surface area contributed by atoms with E-state index in [0.29, 0.717) is 4.34 Å². The van der Waals surface area contributed by atoms with E-state index >= 15 is 0 Å². The van der Waals surface area contributed by atoms with Crippen LogP contribution in [-0.4, -0.2) is 7.11 Å². The van der Waals surface area contributed by atoms with E-state index in [9.17, 15) is 4.39 Å². The molecule has 0 fully saturated rings. The predicted molar refractivity (Wildman–Crippen MR) is 80.8 cm³/mol. The Morgan fingerprint density at radius 1 is 1.39 bits per heavy atom. The van der Waals surface area contributed by atoms with Crippen molar-refractivity contribution in [3.05, 3.63) is 49.3 Å². The Balaban J connectivity index is 2.36. The third-order valence-electron chi connectivity index (χ3n) is 2.38. The van der Waals surface area contributed by atoms with Crippen LogP contribution in [0.15, 0.2) is 28.7 Å². The zero-order valence-corrected chi connectivity index (χ0v) is 14.0. The quantitative estimate of drug-likeness (QED) is 0.577. The van der Waals surface area contributed by atoms with Gasteiger partial charge in [-0.15, -0.1) is 11.3 Å². The van der Waals surface area contributed by atoms with E-state index in [1.165, 1.54) is 24.5 Å². The van der Waals surface area contributed by atoms with Crippen molar-refractivity contribution < 1.29 is 9.13 Å². The number of methoxy groups -OCH3 is 1. The lowest BCUT2D eigenvalue weighted by molar-refractivity contribution is 0.386. The topological polar surface area (TPSA) is 9.23 Å². The fraction of sp³-hybridized carbons (Fsp3) is 0.167. The summed E-state index contributed by atoms with van der Waals surface area (Å²) in [5, 5.41) is 0. The molecule has 0 saturated carbocycles. The third-order valence-corrected chi connectivity index (χ3v) is 6.25. The first-order chi connectivity index (χ1) is 8.52. The normalized spacial score (nSPS) is 12.5. The molecule has 1 aromatic heterocycles. The van der Waals surface area contributed by atoms with Crippen molar-refractivity contribution in [2.45, 2.75) is 4.83 Å². The smallest absolute Gasteiger partial charge is 0.165 e. The summed E-state index contributed by atoms with van der Waals surface area (Å²) < 4.78 is 19.9. The molecule has 1 nitrogen and oxygen atoms in total. The van der Waals surface area contributed by atoms with Crippen LogP contribution in [0.5, 0.6) is 5.75 Å². The van der Waals surface area contributed by atoms with Crippen LogP contribution < -0.4 is 4.74 Å². The summed E-state index contributed by atoms with van der Waals surface area (Å²) in [6, 6.07) is 6.74. The van der Waals surface area contributed by atoms with E-state index in [-0.39, 0.29) is 16.4 Å². The van der Waals surface area contributed by atoms with Crippen LogP contribution in [0, 0.1) is 5.82 Å². The van der Waals surface area contributed by atoms with E-state index in [4.69, 9.17) is 16.3 Å². The van der Waals surface area contributed by atoms with Gasteiger partial charge in [0.15, 0.2) is 11.6 Å². The molecular formula is C12H8Br2ClFOS. The number of benzene rings is 1. The number of alkyl halides is 1. The van der Waals surface area contributed by atoms with Crippen LogP contribution >= 0.6 is 54.8 Å². The van der Waals surface area contributed by atoms with Gasteiger partial charge in [-0.1, -0.05) is 33.6 Å². The van der Waals surface area contributed by atoms with Crippen molar-refractivity contribution in [3.8, 4) is 5.75 Å². The standard InChI is InChI=1S/C12H8Br2ClFOS/c1-17-9-4-6(2-3-8(9)16)11(14)10-5-7(13)12(15)18-10/h2-5,11H,1H3. The maximum absolute atomic E-state index is 13.3. The highest BCUT2D eigenvalue weighted by Gasteiger charge is 2.16. The van der Waals surface area contributed by atoms with Crippen LogP contribution in [0.2, 0.25) is 4.34 Å². The average molecular weight is 415 g/mol. The van der Waals surface area contributed by atoms with Crippen LogP contribution in [0.4, 0.5) is 4.39 Å².